The van der Waals surface area contributed by atoms with Gasteiger partial charge in [0.1, 0.15) is 5.69 Å². The van der Waals surface area contributed by atoms with Crippen molar-refractivity contribution in [2.24, 2.45) is 0 Å². The zero-order chi connectivity index (χ0) is 19.2. The van der Waals surface area contributed by atoms with Gasteiger partial charge in [-0.3, -0.25) is 14.8 Å². The first-order valence-electron chi connectivity index (χ1n) is 8.75. The number of hydrogen-bond acceptors (Lipinski definition) is 3. The molecule has 6 nitrogen and oxygen atoms in total. The van der Waals surface area contributed by atoms with Gasteiger partial charge in [-0.05, 0) is 36.3 Å². The van der Waals surface area contributed by atoms with Crippen molar-refractivity contribution < 1.29 is 14.8 Å². The Labute approximate surface area is 157 Å². The van der Waals surface area contributed by atoms with Crippen LogP contribution >= 0.6 is 0 Å². The monoisotopic (exact) mass is 363 g/mol. The quantitative estimate of drug-likeness (QED) is 0.354. The molecule has 1 aromatic heterocycles. The van der Waals surface area contributed by atoms with Gasteiger partial charge in [-0.25, -0.2) is 5.48 Å². The second-order valence-electron chi connectivity index (χ2n) is 6.09. The molecule has 2 aromatic carbocycles. The number of anilines is 1. The van der Waals surface area contributed by atoms with Crippen molar-refractivity contribution in [3.05, 3.63) is 71.9 Å². The summed E-state index contributed by atoms with van der Waals surface area (Å²) in [7, 11) is 0. The van der Waals surface area contributed by atoms with Crippen molar-refractivity contribution in [3.63, 3.8) is 0 Å². The van der Waals surface area contributed by atoms with E-state index in [1.807, 2.05) is 34.9 Å². The van der Waals surface area contributed by atoms with Gasteiger partial charge in [0, 0.05) is 29.2 Å². The number of nitrogens with zero attached hydrogens (tertiary/aromatic N) is 1. The summed E-state index contributed by atoms with van der Waals surface area (Å²) in [6.45, 7) is 2.82. The maximum atomic E-state index is 13.0. The molecule has 0 fully saturated rings. The van der Waals surface area contributed by atoms with Crippen LogP contribution in [0.2, 0.25) is 0 Å². The van der Waals surface area contributed by atoms with Crippen LogP contribution in [0.15, 0.2) is 60.7 Å². The zero-order valence-electron chi connectivity index (χ0n) is 15.0. The third kappa shape index (κ3) is 4.07. The molecule has 0 radical (unpaired) electrons. The van der Waals surface area contributed by atoms with E-state index in [0.29, 0.717) is 16.9 Å². The molecule has 0 aliphatic rings. The highest BCUT2D eigenvalue weighted by Gasteiger charge is 2.16. The number of amides is 2. The molecule has 0 spiro atoms. The number of aryl methyl sites for hydroxylation is 1. The van der Waals surface area contributed by atoms with E-state index < -0.39 is 5.91 Å². The summed E-state index contributed by atoms with van der Waals surface area (Å²) in [5, 5.41) is 12.5. The van der Waals surface area contributed by atoms with Gasteiger partial charge in [-0.1, -0.05) is 43.3 Å². The molecule has 0 saturated carbocycles. The fraction of sp³-hybridized carbons (Fsp3) is 0.143. The first-order chi connectivity index (χ1) is 13.1. The molecule has 3 aromatic rings. The summed E-state index contributed by atoms with van der Waals surface area (Å²) in [6.07, 6.45) is 3.64. The third-order valence-electron chi connectivity index (χ3n) is 4.22. The molecule has 27 heavy (non-hydrogen) atoms. The first kappa shape index (κ1) is 18.4. The van der Waals surface area contributed by atoms with Gasteiger partial charge in [0.05, 0.1) is 0 Å². The van der Waals surface area contributed by atoms with E-state index in [0.717, 1.165) is 23.9 Å². The molecule has 6 heteroatoms. The molecule has 0 saturated heterocycles. The van der Waals surface area contributed by atoms with Gasteiger partial charge in [0.25, 0.3) is 11.8 Å². The predicted molar refractivity (Wildman–Crippen MR) is 106 cm³/mol. The number of hydroxylamine groups is 1. The first-order valence-corrected chi connectivity index (χ1v) is 8.75. The number of carbonyl (C=O) groups excluding carboxylic acids is 2. The van der Waals surface area contributed by atoms with E-state index in [2.05, 4.69) is 12.2 Å². The highest BCUT2D eigenvalue weighted by atomic mass is 16.5. The number of fused-ring (bicyclic) bond motifs is 1. The lowest BCUT2D eigenvalue weighted by Gasteiger charge is -2.11. The van der Waals surface area contributed by atoms with Gasteiger partial charge in [0.2, 0.25) is 0 Å². The van der Waals surface area contributed by atoms with Crippen LogP contribution in [0.4, 0.5) is 5.69 Å². The van der Waals surface area contributed by atoms with E-state index in [-0.39, 0.29) is 5.91 Å². The number of aromatic nitrogens is 1. The lowest BCUT2D eigenvalue weighted by Crippen LogP contribution is -2.18. The van der Waals surface area contributed by atoms with Crippen molar-refractivity contribution in [2.45, 2.75) is 19.9 Å². The smallest absolute Gasteiger partial charge is 0.272 e. The molecule has 1 heterocycles. The fourth-order valence-electron chi connectivity index (χ4n) is 3.01. The molecule has 3 rings (SSSR count). The van der Waals surface area contributed by atoms with Gasteiger partial charge in [-0.15, -0.1) is 0 Å². The molecule has 0 bridgehead atoms. The van der Waals surface area contributed by atoms with Gasteiger partial charge in [0.15, 0.2) is 0 Å². The fourth-order valence-corrected chi connectivity index (χ4v) is 3.01. The summed E-state index contributed by atoms with van der Waals surface area (Å²) in [4.78, 5) is 24.2. The Morgan fingerprint density at radius 3 is 2.63 bits per heavy atom. The summed E-state index contributed by atoms with van der Waals surface area (Å²) < 4.78 is 2.02. The van der Waals surface area contributed by atoms with Crippen molar-refractivity contribution in [1.29, 1.82) is 0 Å². The van der Waals surface area contributed by atoms with E-state index in [4.69, 9.17) is 5.21 Å². The van der Waals surface area contributed by atoms with Crippen molar-refractivity contribution in [2.75, 3.05) is 5.32 Å². The van der Waals surface area contributed by atoms with Gasteiger partial charge < -0.3 is 9.88 Å². The summed E-state index contributed by atoms with van der Waals surface area (Å²) in [5.41, 5.74) is 4.40. The Morgan fingerprint density at radius 1 is 1.11 bits per heavy atom. The van der Waals surface area contributed by atoms with E-state index in [1.165, 1.54) is 12.2 Å². The summed E-state index contributed by atoms with van der Waals surface area (Å²) >= 11 is 0. The predicted octanol–water partition coefficient (Wildman–Crippen LogP) is 3.82. The molecule has 0 aliphatic carbocycles. The summed E-state index contributed by atoms with van der Waals surface area (Å²) in [5.74, 6) is -0.855. The number of hydrogen-bond donors (Lipinski definition) is 3. The normalized spacial score (nSPS) is 11.0. The highest BCUT2D eigenvalue weighted by molar-refractivity contribution is 6.07. The second-order valence-corrected chi connectivity index (χ2v) is 6.09. The molecular weight excluding hydrogens is 342 g/mol. The number of benzene rings is 2. The number of rotatable bonds is 6. The summed E-state index contributed by atoms with van der Waals surface area (Å²) in [6, 6.07) is 16.9. The Morgan fingerprint density at radius 2 is 1.85 bits per heavy atom. The number of nitrogens with one attached hydrogen (secondary N) is 2. The van der Waals surface area contributed by atoms with Crippen LogP contribution in [0.25, 0.3) is 17.0 Å². The van der Waals surface area contributed by atoms with Crippen LogP contribution in [-0.2, 0) is 11.3 Å². The standard InChI is InChI=1S/C21H21N3O3/c1-2-13-24-18-10-6-4-8-16(18)14-19(24)21(26)22-17-9-5-3-7-15(17)11-12-20(25)23-27/h3-12,14,27H,2,13H2,1H3,(H,22,26)(H,23,25)/b12-11+. The van der Waals surface area contributed by atoms with Crippen LogP contribution in [0.5, 0.6) is 0 Å². The minimum absolute atomic E-state index is 0.216. The maximum absolute atomic E-state index is 13.0. The average Bonchev–Trinajstić information content (AvgIpc) is 3.06. The molecule has 0 unspecified atom stereocenters. The second kappa shape index (κ2) is 8.33. The van der Waals surface area contributed by atoms with Crippen LogP contribution in [0, 0.1) is 0 Å². The highest BCUT2D eigenvalue weighted by Crippen LogP contribution is 2.23. The van der Waals surface area contributed by atoms with E-state index in [1.54, 1.807) is 29.7 Å². The Balaban J connectivity index is 1.93. The molecule has 3 N–H and O–H groups in total. The van der Waals surface area contributed by atoms with Gasteiger partial charge >= 0.3 is 0 Å². The lowest BCUT2D eigenvalue weighted by molar-refractivity contribution is -0.124. The minimum atomic E-state index is -0.640. The van der Waals surface area contributed by atoms with Crippen molar-refractivity contribution >= 4 is 34.5 Å². The van der Waals surface area contributed by atoms with Crippen LogP contribution < -0.4 is 10.8 Å². The van der Waals surface area contributed by atoms with Crippen LogP contribution in [0.3, 0.4) is 0 Å². The van der Waals surface area contributed by atoms with Crippen molar-refractivity contribution in [1.82, 2.24) is 10.0 Å². The number of para-hydroxylation sites is 2. The van der Waals surface area contributed by atoms with E-state index in [9.17, 15) is 9.59 Å². The minimum Gasteiger partial charge on any atom is -0.337 e. The molecule has 0 atom stereocenters. The molecule has 2 amide bonds. The average molecular weight is 363 g/mol. The van der Waals surface area contributed by atoms with Gasteiger partial charge in [-0.2, -0.15) is 0 Å². The third-order valence-corrected chi connectivity index (χ3v) is 4.22. The van der Waals surface area contributed by atoms with E-state index >= 15 is 0 Å². The maximum Gasteiger partial charge on any atom is 0.272 e. The molecular formula is C21H21N3O3. The lowest BCUT2D eigenvalue weighted by atomic mass is 10.1. The van der Waals surface area contributed by atoms with Crippen LogP contribution in [0.1, 0.15) is 29.4 Å². The molecule has 0 aliphatic heterocycles. The van der Waals surface area contributed by atoms with Crippen LogP contribution in [-0.4, -0.2) is 21.6 Å². The van der Waals surface area contributed by atoms with Crippen molar-refractivity contribution in [3.8, 4) is 0 Å². The Bertz CT molecular complexity index is 1000. The Hall–Kier alpha value is -3.38. The number of carbonyl (C=O) groups is 2. The Kier molecular flexibility index (Phi) is 5.68. The zero-order valence-corrected chi connectivity index (χ0v) is 15.0. The topological polar surface area (TPSA) is 83.4 Å². The largest absolute Gasteiger partial charge is 0.337 e. The molecule has 138 valence electrons. The SMILES string of the molecule is CCCn1c(C(=O)Nc2ccccc2/C=C/C(=O)NO)cc2ccccc21.